The summed E-state index contributed by atoms with van der Waals surface area (Å²) >= 11 is 0. The maximum Gasteiger partial charge on any atom is 0.129 e. The highest BCUT2D eigenvalue weighted by Crippen LogP contribution is 2.22. The normalized spacial score (nSPS) is 21.2. The van der Waals surface area contributed by atoms with Crippen LogP contribution in [0.4, 0.5) is 5.82 Å². The first-order valence-electron chi connectivity index (χ1n) is 7.08. The molecule has 106 valence electrons. The van der Waals surface area contributed by atoms with E-state index in [0.29, 0.717) is 12.0 Å². The van der Waals surface area contributed by atoms with Gasteiger partial charge in [-0.3, -0.25) is 0 Å². The van der Waals surface area contributed by atoms with Crippen molar-refractivity contribution in [2.75, 3.05) is 31.6 Å². The molecule has 1 fully saturated rings. The maximum absolute atomic E-state index is 9.41. The Labute approximate surface area is 116 Å². The van der Waals surface area contributed by atoms with Gasteiger partial charge in [-0.25, -0.2) is 4.98 Å². The number of pyridine rings is 1. The summed E-state index contributed by atoms with van der Waals surface area (Å²) in [7, 11) is 2.17. The summed E-state index contributed by atoms with van der Waals surface area (Å²) < 4.78 is 0. The van der Waals surface area contributed by atoms with E-state index in [2.05, 4.69) is 37.6 Å². The maximum atomic E-state index is 9.41. The number of hydrogen-bond donors (Lipinski definition) is 1. The van der Waals surface area contributed by atoms with E-state index in [9.17, 15) is 5.11 Å². The molecule has 1 N–H and O–H groups in total. The lowest BCUT2D eigenvalue weighted by Crippen LogP contribution is -2.50. The topological polar surface area (TPSA) is 39.6 Å². The van der Waals surface area contributed by atoms with Crippen LogP contribution in [-0.4, -0.2) is 47.7 Å². The summed E-state index contributed by atoms with van der Waals surface area (Å²) in [4.78, 5) is 9.46. The van der Waals surface area contributed by atoms with Gasteiger partial charge in [-0.15, -0.1) is 0 Å². The summed E-state index contributed by atoms with van der Waals surface area (Å²) in [5.41, 5.74) is 2.02. The van der Waals surface area contributed by atoms with E-state index in [-0.39, 0.29) is 6.61 Å². The Morgan fingerprint density at radius 3 is 2.68 bits per heavy atom. The van der Waals surface area contributed by atoms with E-state index in [1.54, 1.807) is 0 Å². The fraction of sp³-hybridized carbons (Fsp3) is 0.667. The highest BCUT2D eigenvalue weighted by Gasteiger charge is 2.22. The molecule has 0 saturated carbocycles. The molecule has 0 bridgehead atoms. The lowest BCUT2D eigenvalue weighted by molar-refractivity contribution is 0.233. The van der Waals surface area contributed by atoms with Crippen molar-refractivity contribution in [2.24, 2.45) is 0 Å². The third-order valence-corrected chi connectivity index (χ3v) is 3.95. The van der Waals surface area contributed by atoms with Gasteiger partial charge >= 0.3 is 0 Å². The highest BCUT2D eigenvalue weighted by molar-refractivity contribution is 5.44. The van der Waals surface area contributed by atoms with Gasteiger partial charge in [0.2, 0.25) is 0 Å². The molecule has 1 unspecified atom stereocenters. The number of aliphatic hydroxyl groups is 1. The van der Waals surface area contributed by atoms with Crippen LogP contribution in [-0.2, 0) is 6.61 Å². The standard InChI is InChI=1S/C15H25N3O/c1-11(2)14-7-13(10-19)8-15(16-14)18-6-5-17(4)12(3)9-18/h7-8,11-12,19H,5-6,9-10H2,1-4H3. The molecule has 0 aliphatic carbocycles. The molecule has 0 aromatic carbocycles. The van der Waals surface area contributed by atoms with Gasteiger partial charge < -0.3 is 14.9 Å². The van der Waals surface area contributed by atoms with Crippen LogP contribution in [0, 0.1) is 0 Å². The van der Waals surface area contributed by atoms with Crippen LogP contribution < -0.4 is 4.90 Å². The molecular formula is C15H25N3O. The Morgan fingerprint density at radius 2 is 2.11 bits per heavy atom. The number of piperazine rings is 1. The highest BCUT2D eigenvalue weighted by atomic mass is 16.3. The van der Waals surface area contributed by atoms with Crippen LogP contribution in [0.3, 0.4) is 0 Å². The minimum atomic E-state index is 0.0819. The van der Waals surface area contributed by atoms with Crippen molar-refractivity contribution in [1.82, 2.24) is 9.88 Å². The largest absolute Gasteiger partial charge is 0.392 e. The SMILES string of the molecule is CC(C)c1cc(CO)cc(N2CCN(C)C(C)C2)n1. The van der Waals surface area contributed by atoms with E-state index in [0.717, 1.165) is 36.7 Å². The molecule has 2 heterocycles. The number of aliphatic hydroxyl groups excluding tert-OH is 1. The van der Waals surface area contributed by atoms with Crippen molar-refractivity contribution in [3.63, 3.8) is 0 Å². The number of likely N-dealkylation sites (N-methyl/N-ethyl adjacent to an activating group) is 1. The number of rotatable bonds is 3. The van der Waals surface area contributed by atoms with Crippen molar-refractivity contribution in [3.8, 4) is 0 Å². The Morgan fingerprint density at radius 1 is 1.37 bits per heavy atom. The lowest BCUT2D eigenvalue weighted by atomic mass is 10.1. The van der Waals surface area contributed by atoms with Gasteiger partial charge in [0.05, 0.1) is 6.61 Å². The molecule has 4 heteroatoms. The zero-order chi connectivity index (χ0) is 14.0. The van der Waals surface area contributed by atoms with Gasteiger partial charge in [-0.1, -0.05) is 13.8 Å². The van der Waals surface area contributed by atoms with Gasteiger partial charge in [0.25, 0.3) is 0 Å². The second-order valence-electron chi connectivity index (χ2n) is 5.85. The second-order valence-corrected chi connectivity index (χ2v) is 5.85. The van der Waals surface area contributed by atoms with Crippen molar-refractivity contribution < 1.29 is 5.11 Å². The first kappa shape index (κ1) is 14.3. The molecule has 1 aromatic rings. The van der Waals surface area contributed by atoms with E-state index in [1.807, 2.05) is 12.1 Å². The second kappa shape index (κ2) is 5.88. The molecule has 19 heavy (non-hydrogen) atoms. The van der Waals surface area contributed by atoms with E-state index in [1.165, 1.54) is 0 Å². The molecule has 1 saturated heterocycles. The van der Waals surface area contributed by atoms with Crippen molar-refractivity contribution in [3.05, 3.63) is 23.4 Å². The quantitative estimate of drug-likeness (QED) is 0.903. The average Bonchev–Trinajstić information content (AvgIpc) is 2.41. The molecule has 0 amide bonds. The third kappa shape index (κ3) is 3.25. The first-order chi connectivity index (χ1) is 9.01. The smallest absolute Gasteiger partial charge is 0.129 e. The van der Waals surface area contributed by atoms with Crippen LogP contribution in [0.5, 0.6) is 0 Å². The molecule has 1 aliphatic heterocycles. The van der Waals surface area contributed by atoms with E-state index < -0.39 is 0 Å². The third-order valence-electron chi connectivity index (χ3n) is 3.95. The van der Waals surface area contributed by atoms with Crippen LogP contribution in [0.1, 0.15) is 37.9 Å². The van der Waals surface area contributed by atoms with Crippen LogP contribution in [0.15, 0.2) is 12.1 Å². The van der Waals surface area contributed by atoms with Crippen LogP contribution >= 0.6 is 0 Å². The van der Waals surface area contributed by atoms with Gasteiger partial charge in [0, 0.05) is 31.4 Å². The molecule has 1 atom stereocenters. The minimum Gasteiger partial charge on any atom is -0.392 e. The van der Waals surface area contributed by atoms with Crippen LogP contribution in [0.2, 0.25) is 0 Å². The predicted molar refractivity (Wildman–Crippen MR) is 78.6 cm³/mol. The average molecular weight is 263 g/mol. The van der Waals surface area contributed by atoms with Crippen LogP contribution in [0.25, 0.3) is 0 Å². The molecule has 1 aromatic heterocycles. The number of anilines is 1. The molecular weight excluding hydrogens is 238 g/mol. The fourth-order valence-corrected chi connectivity index (χ4v) is 2.40. The monoisotopic (exact) mass is 263 g/mol. The summed E-state index contributed by atoms with van der Waals surface area (Å²) in [5.74, 6) is 1.39. The van der Waals surface area contributed by atoms with Crippen molar-refractivity contribution in [2.45, 2.75) is 39.3 Å². The Kier molecular flexibility index (Phi) is 4.42. The van der Waals surface area contributed by atoms with Crippen molar-refractivity contribution >= 4 is 5.82 Å². The summed E-state index contributed by atoms with van der Waals surface area (Å²) in [5, 5.41) is 9.41. The van der Waals surface area contributed by atoms with Crippen molar-refractivity contribution in [1.29, 1.82) is 0 Å². The Hall–Kier alpha value is -1.13. The zero-order valence-corrected chi connectivity index (χ0v) is 12.4. The van der Waals surface area contributed by atoms with Gasteiger partial charge in [0.1, 0.15) is 5.82 Å². The molecule has 0 spiro atoms. The fourth-order valence-electron chi connectivity index (χ4n) is 2.40. The molecule has 2 rings (SSSR count). The number of nitrogens with zero attached hydrogens (tertiary/aromatic N) is 3. The van der Waals surface area contributed by atoms with E-state index >= 15 is 0 Å². The molecule has 1 aliphatic rings. The van der Waals surface area contributed by atoms with Gasteiger partial charge in [-0.2, -0.15) is 0 Å². The lowest BCUT2D eigenvalue weighted by Gasteiger charge is -2.38. The molecule has 0 radical (unpaired) electrons. The summed E-state index contributed by atoms with van der Waals surface area (Å²) in [6.45, 7) is 9.66. The Balaban J connectivity index is 2.26. The minimum absolute atomic E-state index is 0.0819. The first-order valence-corrected chi connectivity index (χ1v) is 7.08. The summed E-state index contributed by atoms with van der Waals surface area (Å²) in [6, 6.07) is 4.56. The zero-order valence-electron chi connectivity index (χ0n) is 12.4. The summed E-state index contributed by atoms with van der Waals surface area (Å²) in [6.07, 6.45) is 0. The van der Waals surface area contributed by atoms with E-state index in [4.69, 9.17) is 4.98 Å². The van der Waals surface area contributed by atoms with Gasteiger partial charge in [0.15, 0.2) is 0 Å². The molecule has 4 nitrogen and oxygen atoms in total. The number of hydrogen-bond acceptors (Lipinski definition) is 4. The predicted octanol–water partition coefficient (Wildman–Crippen LogP) is 1.84. The Bertz CT molecular complexity index is 433. The van der Waals surface area contributed by atoms with Gasteiger partial charge in [-0.05, 0) is 37.6 Å². The number of aromatic nitrogens is 1.